The van der Waals surface area contributed by atoms with Crippen LogP contribution in [-0.4, -0.2) is 25.6 Å². The molecule has 0 spiro atoms. The Balaban J connectivity index is 1.46. The molecule has 2 aromatic heterocycles. The molecular weight excluding hydrogens is 390 g/mol. The van der Waals surface area contributed by atoms with Crippen LogP contribution >= 0.6 is 11.3 Å². The Hall–Kier alpha value is -3.59. The fourth-order valence-corrected chi connectivity index (χ4v) is 4.00. The molecule has 1 amide bonds. The van der Waals surface area contributed by atoms with Gasteiger partial charge in [-0.25, -0.2) is 4.98 Å². The number of nitro groups is 1. The summed E-state index contributed by atoms with van der Waals surface area (Å²) >= 11 is 1.63. The van der Waals surface area contributed by atoms with Crippen molar-refractivity contribution in [2.24, 2.45) is 0 Å². The molecule has 8 nitrogen and oxygen atoms in total. The van der Waals surface area contributed by atoms with Gasteiger partial charge in [0.1, 0.15) is 11.6 Å². The molecule has 1 N–H and O–H groups in total. The first-order valence-electron chi connectivity index (χ1n) is 8.85. The largest absolute Gasteiger partial charge is 0.390 e. The molecule has 4 aromatic rings. The number of thiazole rings is 1. The first-order valence-corrected chi connectivity index (χ1v) is 9.67. The summed E-state index contributed by atoms with van der Waals surface area (Å²) in [7, 11) is 0. The highest BCUT2D eigenvalue weighted by atomic mass is 32.1. The Labute approximate surface area is 170 Å². The molecule has 0 saturated heterocycles. The lowest BCUT2D eigenvalue weighted by molar-refractivity contribution is -0.389. The van der Waals surface area contributed by atoms with E-state index in [9.17, 15) is 14.9 Å². The van der Waals surface area contributed by atoms with Crippen LogP contribution in [0.1, 0.15) is 11.3 Å². The van der Waals surface area contributed by atoms with E-state index in [0.29, 0.717) is 11.4 Å². The Morgan fingerprint density at radius 1 is 1.17 bits per heavy atom. The molecule has 2 heterocycles. The van der Waals surface area contributed by atoms with Gasteiger partial charge in [-0.1, -0.05) is 6.07 Å². The van der Waals surface area contributed by atoms with Crippen molar-refractivity contribution in [2.45, 2.75) is 20.4 Å². The minimum atomic E-state index is -0.580. The van der Waals surface area contributed by atoms with E-state index in [4.69, 9.17) is 0 Å². The summed E-state index contributed by atoms with van der Waals surface area (Å²) in [4.78, 5) is 27.1. The van der Waals surface area contributed by atoms with Crippen LogP contribution < -0.4 is 5.32 Å². The molecule has 0 aliphatic heterocycles. The van der Waals surface area contributed by atoms with E-state index < -0.39 is 4.92 Å². The van der Waals surface area contributed by atoms with Gasteiger partial charge in [0.25, 0.3) is 0 Å². The lowest BCUT2D eigenvalue weighted by Gasteiger charge is -2.05. The van der Waals surface area contributed by atoms with Gasteiger partial charge in [-0.05, 0) is 60.7 Å². The highest BCUT2D eigenvalue weighted by Crippen LogP contribution is 2.31. The molecule has 29 heavy (non-hydrogen) atoms. The highest BCUT2D eigenvalue weighted by Gasteiger charge is 2.17. The number of nitrogens with zero attached hydrogens (tertiary/aromatic N) is 4. The van der Waals surface area contributed by atoms with Crippen LogP contribution in [-0.2, 0) is 11.3 Å². The molecule has 0 bridgehead atoms. The molecule has 146 valence electrons. The number of carbonyl (C=O) groups is 1. The molecule has 0 fully saturated rings. The Morgan fingerprint density at radius 3 is 2.62 bits per heavy atom. The van der Waals surface area contributed by atoms with E-state index in [1.165, 1.54) is 16.3 Å². The Bertz CT molecular complexity index is 1230. The smallest absolute Gasteiger partial charge is 0.358 e. The number of aryl methyl sites for hydroxylation is 2. The summed E-state index contributed by atoms with van der Waals surface area (Å²) in [5.41, 5.74) is 4.32. The van der Waals surface area contributed by atoms with Crippen molar-refractivity contribution in [3.8, 4) is 10.6 Å². The van der Waals surface area contributed by atoms with Gasteiger partial charge < -0.3 is 15.4 Å². The standard InChI is InChI=1S/C20H17N5O3S/c1-12-3-8-16-17(9-12)29-20(22-16)14-4-6-15(7-5-14)21-19(26)11-24-13(2)10-18(23-24)25(27)28/h3-10H,11H2,1-2H3,(H,21,26). The van der Waals surface area contributed by atoms with Crippen LogP contribution in [0.4, 0.5) is 11.5 Å². The number of fused-ring (bicyclic) bond motifs is 1. The van der Waals surface area contributed by atoms with E-state index in [2.05, 4.69) is 28.4 Å². The van der Waals surface area contributed by atoms with Crippen LogP contribution in [0.3, 0.4) is 0 Å². The first kappa shape index (κ1) is 18.8. The third kappa shape index (κ3) is 3.99. The number of carbonyl (C=O) groups excluding carboxylic acids is 1. The summed E-state index contributed by atoms with van der Waals surface area (Å²) in [6, 6.07) is 14.9. The maximum Gasteiger partial charge on any atom is 0.390 e. The first-order chi connectivity index (χ1) is 13.9. The number of amides is 1. The zero-order valence-electron chi connectivity index (χ0n) is 15.7. The molecule has 0 radical (unpaired) electrons. The van der Waals surface area contributed by atoms with Gasteiger partial charge in [0.15, 0.2) is 0 Å². The fourth-order valence-electron chi connectivity index (χ4n) is 2.93. The van der Waals surface area contributed by atoms with E-state index in [-0.39, 0.29) is 18.3 Å². The summed E-state index contributed by atoms with van der Waals surface area (Å²) in [5, 5.41) is 18.3. The van der Waals surface area contributed by atoms with Crippen LogP contribution in [0, 0.1) is 24.0 Å². The zero-order chi connectivity index (χ0) is 20.5. The Morgan fingerprint density at radius 2 is 1.93 bits per heavy atom. The fraction of sp³-hybridized carbons (Fsp3) is 0.150. The van der Waals surface area contributed by atoms with Gasteiger partial charge in [0.2, 0.25) is 5.91 Å². The predicted molar refractivity (Wildman–Crippen MR) is 112 cm³/mol. The Kier molecular flexibility index (Phi) is 4.81. The summed E-state index contributed by atoms with van der Waals surface area (Å²) in [6.45, 7) is 3.62. The minimum Gasteiger partial charge on any atom is -0.358 e. The van der Waals surface area contributed by atoms with Crippen molar-refractivity contribution in [2.75, 3.05) is 5.32 Å². The number of anilines is 1. The van der Waals surface area contributed by atoms with E-state index in [1.807, 2.05) is 36.4 Å². The van der Waals surface area contributed by atoms with Gasteiger partial charge >= 0.3 is 5.82 Å². The third-order valence-corrected chi connectivity index (χ3v) is 5.48. The van der Waals surface area contributed by atoms with Gasteiger partial charge in [-0.2, -0.15) is 4.68 Å². The summed E-state index contributed by atoms with van der Waals surface area (Å²) in [6.07, 6.45) is 0. The second-order valence-electron chi connectivity index (χ2n) is 6.67. The topological polar surface area (TPSA) is 103 Å². The van der Waals surface area contributed by atoms with Crippen molar-refractivity contribution in [1.29, 1.82) is 0 Å². The number of aromatic nitrogens is 3. The van der Waals surface area contributed by atoms with Gasteiger partial charge in [-0.15, -0.1) is 11.3 Å². The molecule has 0 aliphatic carbocycles. The van der Waals surface area contributed by atoms with E-state index >= 15 is 0 Å². The number of nitrogens with one attached hydrogen (secondary N) is 1. The average Bonchev–Trinajstić information content (AvgIpc) is 3.26. The van der Waals surface area contributed by atoms with E-state index in [1.54, 1.807) is 18.3 Å². The second kappa shape index (κ2) is 7.44. The van der Waals surface area contributed by atoms with Crippen molar-refractivity contribution in [3.05, 3.63) is 69.9 Å². The van der Waals surface area contributed by atoms with Crippen LogP contribution in [0.2, 0.25) is 0 Å². The molecule has 0 saturated carbocycles. The van der Waals surface area contributed by atoms with Crippen LogP contribution in [0.25, 0.3) is 20.8 Å². The van der Waals surface area contributed by atoms with Crippen molar-refractivity contribution in [3.63, 3.8) is 0 Å². The second-order valence-corrected chi connectivity index (χ2v) is 7.71. The molecule has 4 rings (SSSR count). The third-order valence-electron chi connectivity index (χ3n) is 4.41. The molecule has 2 aromatic carbocycles. The normalized spacial score (nSPS) is 11.0. The molecule has 9 heteroatoms. The zero-order valence-corrected chi connectivity index (χ0v) is 16.6. The molecule has 0 atom stereocenters. The molecular formula is C20H17N5O3S. The highest BCUT2D eigenvalue weighted by molar-refractivity contribution is 7.21. The maximum absolute atomic E-state index is 12.3. The lowest BCUT2D eigenvalue weighted by Crippen LogP contribution is -2.20. The SMILES string of the molecule is Cc1ccc2nc(-c3ccc(NC(=O)Cn4nc([N+](=O)[O-])cc4C)cc3)sc2c1. The van der Waals surface area contributed by atoms with Crippen molar-refractivity contribution in [1.82, 2.24) is 14.8 Å². The number of rotatable bonds is 5. The average molecular weight is 407 g/mol. The number of hydrogen-bond donors (Lipinski definition) is 1. The van der Waals surface area contributed by atoms with Crippen molar-refractivity contribution < 1.29 is 9.72 Å². The molecule has 0 aliphatic rings. The van der Waals surface area contributed by atoms with Crippen molar-refractivity contribution >= 4 is 39.0 Å². The lowest BCUT2D eigenvalue weighted by atomic mass is 10.2. The molecule has 0 unspecified atom stereocenters. The van der Waals surface area contributed by atoms with Gasteiger partial charge in [0.05, 0.1) is 27.1 Å². The van der Waals surface area contributed by atoms with E-state index in [0.717, 1.165) is 20.8 Å². The van der Waals surface area contributed by atoms with Crippen LogP contribution in [0.5, 0.6) is 0 Å². The summed E-state index contributed by atoms with van der Waals surface area (Å²) in [5.74, 6) is -0.583. The van der Waals surface area contributed by atoms with Crippen LogP contribution in [0.15, 0.2) is 48.5 Å². The van der Waals surface area contributed by atoms with Gasteiger partial charge in [0, 0.05) is 11.3 Å². The number of benzene rings is 2. The van der Waals surface area contributed by atoms with Gasteiger partial charge in [-0.3, -0.25) is 4.79 Å². The summed E-state index contributed by atoms with van der Waals surface area (Å²) < 4.78 is 2.45. The number of hydrogen-bond acceptors (Lipinski definition) is 6. The maximum atomic E-state index is 12.3. The quantitative estimate of drug-likeness (QED) is 0.392. The predicted octanol–water partition coefficient (Wildman–Crippen LogP) is 4.32. The monoisotopic (exact) mass is 407 g/mol. The minimum absolute atomic E-state index is 0.0986.